The number of halogens is 2. The van der Waals surface area contributed by atoms with Crippen LogP contribution in [-0.2, 0) is 0 Å². The van der Waals surface area contributed by atoms with Crippen molar-refractivity contribution in [1.82, 2.24) is 9.97 Å². The fourth-order valence-corrected chi connectivity index (χ4v) is 1.80. The third kappa shape index (κ3) is 2.89. The maximum Gasteiger partial charge on any atom is 0.329 e. The van der Waals surface area contributed by atoms with Crippen molar-refractivity contribution in [2.45, 2.75) is 0 Å². The van der Waals surface area contributed by atoms with Crippen LogP contribution < -0.4 is 10.6 Å². The molecule has 0 aliphatic carbocycles. The van der Waals surface area contributed by atoms with Gasteiger partial charge in [0.25, 0.3) is 0 Å². The lowest BCUT2D eigenvalue weighted by Crippen LogP contribution is -2.04. The summed E-state index contributed by atoms with van der Waals surface area (Å²) in [7, 11) is 1.61. The summed E-state index contributed by atoms with van der Waals surface area (Å²) in [5, 5.41) is 17.1. The van der Waals surface area contributed by atoms with E-state index in [1.807, 2.05) is 0 Å². The van der Waals surface area contributed by atoms with Gasteiger partial charge in [-0.1, -0.05) is 29.3 Å². The van der Waals surface area contributed by atoms with Crippen LogP contribution in [-0.4, -0.2) is 21.9 Å². The van der Waals surface area contributed by atoms with E-state index in [-0.39, 0.29) is 22.5 Å². The number of nitro groups is 1. The van der Waals surface area contributed by atoms with Crippen LogP contribution in [0.2, 0.25) is 10.0 Å². The highest BCUT2D eigenvalue weighted by atomic mass is 35.5. The monoisotopic (exact) mass is 313 g/mol. The Kier molecular flexibility index (Phi) is 4.21. The maximum absolute atomic E-state index is 11.0. The lowest BCUT2D eigenvalue weighted by atomic mass is 10.3. The van der Waals surface area contributed by atoms with Gasteiger partial charge in [-0.3, -0.25) is 10.1 Å². The summed E-state index contributed by atoms with van der Waals surface area (Å²) < 4.78 is 0. The second kappa shape index (κ2) is 5.89. The second-order valence-corrected chi connectivity index (χ2v) is 4.45. The fraction of sp³-hybridized carbons (Fsp3) is 0.0909. The van der Waals surface area contributed by atoms with Gasteiger partial charge in [-0.05, 0) is 12.1 Å². The molecule has 7 nitrogen and oxygen atoms in total. The first-order valence-electron chi connectivity index (χ1n) is 5.43. The van der Waals surface area contributed by atoms with Gasteiger partial charge in [-0.25, -0.2) is 4.98 Å². The predicted octanol–water partition coefficient (Wildman–Crippen LogP) is 3.48. The summed E-state index contributed by atoms with van der Waals surface area (Å²) in [4.78, 5) is 18.2. The zero-order valence-electron chi connectivity index (χ0n) is 10.2. The summed E-state index contributed by atoms with van der Waals surface area (Å²) in [6.45, 7) is 0. The number of aromatic nitrogens is 2. The summed E-state index contributed by atoms with van der Waals surface area (Å²) in [5.74, 6) is 0.273. The van der Waals surface area contributed by atoms with Crippen LogP contribution in [0.1, 0.15) is 0 Å². The highest BCUT2D eigenvalue weighted by Gasteiger charge is 2.18. The van der Waals surface area contributed by atoms with E-state index >= 15 is 0 Å². The number of rotatable bonds is 4. The van der Waals surface area contributed by atoms with Crippen LogP contribution >= 0.6 is 23.2 Å². The molecule has 0 radical (unpaired) electrons. The second-order valence-electron chi connectivity index (χ2n) is 3.66. The lowest BCUT2D eigenvalue weighted by Gasteiger charge is -2.09. The topological polar surface area (TPSA) is 93.0 Å². The predicted molar refractivity (Wildman–Crippen MR) is 78.0 cm³/mol. The van der Waals surface area contributed by atoms with Gasteiger partial charge >= 0.3 is 5.69 Å². The molecule has 2 aromatic rings. The first-order valence-corrected chi connectivity index (χ1v) is 6.18. The minimum Gasteiger partial charge on any atom is -0.357 e. The van der Waals surface area contributed by atoms with Crippen LogP contribution in [0, 0.1) is 10.1 Å². The Balaban J connectivity index is 2.46. The molecule has 1 heterocycles. The van der Waals surface area contributed by atoms with Crippen LogP contribution in [0.15, 0.2) is 24.4 Å². The summed E-state index contributed by atoms with van der Waals surface area (Å²) in [5.41, 5.74) is 0.156. The number of nitrogens with zero attached hydrogens (tertiary/aromatic N) is 3. The quantitative estimate of drug-likeness (QED) is 0.663. The minimum absolute atomic E-state index is 0.0264. The Morgan fingerprint density at radius 3 is 2.75 bits per heavy atom. The number of benzene rings is 1. The molecule has 0 aliphatic rings. The van der Waals surface area contributed by atoms with Gasteiger partial charge in [0, 0.05) is 7.05 Å². The Labute approximate surface area is 124 Å². The standard InChI is InChI=1S/C11H9Cl2N5O2/c1-14-11-15-5-8(18(19)20)10(17-11)16-7-4-2-3-6(12)9(7)13/h2-5H,1H3,(H2,14,15,16,17). The van der Waals surface area contributed by atoms with Crippen molar-refractivity contribution >= 4 is 46.3 Å². The van der Waals surface area contributed by atoms with Crippen molar-refractivity contribution in [3.63, 3.8) is 0 Å². The first-order chi connectivity index (χ1) is 9.52. The lowest BCUT2D eigenvalue weighted by molar-refractivity contribution is -0.384. The number of anilines is 3. The molecule has 20 heavy (non-hydrogen) atoms. The van der Waals surface area contributed by atoms with E-state index in [0.717, 1.165) is 6.20 Å². The summed E-state index contributed by atoms with van der Waals surface area (Å²) >= 11 is 11.9. The molecule has 104 valence electrons. The van der Waals surface area contributed by atoms with E-state index in [1.165, 1.54) is 0 Å². The zero-order valence-corrected chi connectivity index (χ0v) is 11.7. The van der Waals surface area contributed by atoms with Crippen molar-refractivity contribution in [3.8, 4) is 0 Å². The number of hydrogen-bond donors (Lipinski definition) is 2. The van der Waals surface area contributed by atoms with Gasteiger partial charge in [0.1, 0.15) is 6.20 Å². The van der Waals surface area contributed by atoms with Gasteiger partial charge in [0.15, 0.2) is 0 Å². The van der Waals surface area contributed by atoms with Crippen molar-refractivity contribution < 1.29 is 4.92 Å². The normalized spacial score (nSPS) is 10.2. The molecule has 0 amide bonds. The maximum atomic E-state index is 11.0. The molecule has 0 spiro atoms. The van der Waals surface area contributed by atoms with E-state index in [2.05, 4.69) is 20.6 Å². The third-order valence-corrected chi connectivity index (χ3v) is 3.21. The molecule has 1 aromatic carbocycles. The van der Waals surface area contributed by atoms with Gasteiger partial charge < -0.3 is 10.6 Å². The smallest absolute Gasteiger partial charge is 0.329 e. The van der Waals surface area contributed by atoms with Crippen LogP contribution in [0.5, 0.6) is 0 Å². The average Bonchev–Trinajstić information content (AvgIpc) is 2.43. The zero-order chi connectivity index (χ0) is 14.7. The van der Waals surface area contributed by atoms with Crippen LogP contribution in [0.4, 0.5) is 23.1 Å². The molecule has 0 aliphatic heterocycles. The highest BCUT2D eigenvalue weighted by Crippen LogP contribution is 2.33. The van der Waals surface area contributed by atoms with Crippen molar-refractivity contribution in [1.29, 1.82) is 0 Å². The van der Waals surface area contributed by atoms with E-state index < -0.39 is 4.92 Å². The Morgan fingerprint density at radius 1 is 1.35 bits per heavy atom. The van der Waals surface area contributed by atoms with Gasteiger partial charge in [-0.2, -0.15) is 4.98 Å². The van der Waals surface area contributed by atoms with E-state index in [0.29, 0.717) is 10.7 Å². The van der Waals surface area contributed by atoms with Crippen molar-refractivity contribution in [2.75, 3.05) is 17.7 Å². The molecule has 0 bridgehead atoms. The molecular weight excluding hydrogens is 305 g/mol. The Morgan fingerprint density at radius 2 is 2.10 bits per heavy atom. The first kappa shape index (κ1) is 14.3. The molecule has 0 saturated carbocycles. The van der Waals surface area contributed by atoms with Gasteiger partial charge in [0.05, 0.1) is 20.7 Å². The van der Waals surface area contributed by atoms with E-state index in [1.54, 1.807) is 25.2 Å². The average molecular weight is 314 g/mol. The van der Waals surface area contributed by atoms with Crippen LogP contribution in [0.25, 0.3) is 0 Å². The Hall–Kier alpha value is -2.12. The Bertz CT molecular complexity index is 665. The largest absolute Gasteiger partial charge is 0.357 e. The summed E-state index contributed by atoms with van der Waals surface area (Å²) in [6.07, 6.45) is 1.11. The van der Waals surface area contributed by atoms with Gasteiger partial charge in [0.2, 0.25) is 11.8 Å². The number of nitrogens with one attached hydrogen (secondary N) is 2. The molecule has 2 N–H and O–H groups in total. The molecule has 0 atom stereocenters. The van der Waals surface area contributed by atoms with Gasteiger partial charge in [-0.15, -0.1) is 0 Å². The number of hydrogen-bond acceptors (Lipinski definition) is 6. The van der Waals surface area contributed by atoms with E-state index in [9.17, 15) is 10.1 Å². The van der Waals surface area contributed by atoms with E-state index in [4.69, 9.17) is 23.2 Å². The molecule has 0 saturated heterocycles. The molecule has 2 rings (SSSR count). The fourth-order valence-electron chi connectivity index (χ4n) is 1.45. The third-order valence-electron chi connectivity index (χ3n) is 2.39. The molecule has 0 unspecified atom stereocenters. The SMILES string of the molecule is CNc1ncc([N+](=O)[O-])c(Nc2cccc(Cl)c2Cl)n1. The molecule has 9 heteroatoms. The van der Waals surface area contributed by atoms with Crippen molar-refractivity contribution in [2.24, 2.45) is 0 Å². The molecule has 1 aromatic heterocycles. The highest BCUT2D eigenvalue weighted by molar-refractivity contribution is 6.43. The minimum atomic E-state index is -0.583. The van der Waals surface area contributed by atoms with Crippen molar-refractivity contribution in [3.05, 3.63) is 44.6 Å². The summed E-state index contributed by atoms with van der Waals surface area (Å²) in [6, 6.07) is 4.92. The molecular formula is C11H9Cl2N5O2. The molecule has 0 fully saturated rings. The van der Waals surface area contributed by atoms with Crippen LogP contribution in [0.3, 0.4) is 0 Å².